The van der Waals surface area contributed by atoms with Crippen molar-refractivity contribution in [2.45, 2.75) is 102 Å². The number of aliphatic hydroxyl groups is 1. The van der Waals surface area contributed by atoms with Crippen molar-refractivity contribution in [1.82, 2.24) is 0 Å². The predicted octanol–water partition coefficient (Wildman–Crippen LogP) is 13.2. The minimum Gasteiger partial charge on any atom is -0.392 e. The van der Waals surface area contributed by atoms with E-state index in [9.17, 15) is 5.11 Å². The molecule has 0 heterocycles. The van der Waals surface area contributed by atoms with Crippen molar-refractivity contribution in [1.29, 1.82) is 0 Å². The second kappa shape index (κ2) is 22.2. The predicted molar refractivity (Wildman–Crippen MR) is 208 cm³/mol. The minimum atomic E-state index is 0.148. The van der Waals surface area contributed by atoms with Crippen LogP contribution in [0.15, 0.2) is 154 Å². The van der Waals surface area contributed by atoms with Gasteiger partial charge in [0.25, 0.3) is 0 Å². The Hall–Kier alpha value is -3.42. The van der Waals surface area contributed by atoms with Crippen LogP contribution < -0.4 is 0 Å². The second-order valence-corrected chi connectivity index (χ2v) is 13.9. The molecule has 0 aromatic heterocycles. The van der Waals surface area contributed by atoms with Gasteiger partial charge in [-0.25, -0.2) is 0 Å². The fraction of sp³-hybridized carbons (Fsp3) is 0.422. The quantitative estimate of drug-likeness (QED) is 0.134. The molecule has 1 N–H and O–H groups in total. The molecule has 0 saturated carbocycles. The lowest BCUT2D eigenvalue weighted by Crippen LogP contribution is -2.35. The summed E-state index contributed by atoms with van der Waals surface area (Å²) in [7, 11) is 0. The van der Waals surface area contributed by atoms with E-state index in [1.165, 1.54) is 39.0 Å². The minimum absolute atomic E-state index is 0.148. The first-order valence-corrected chi connectivity index (χ1v) is 17.1. The van der Waals surface area contributed by atoms with Gasteiger partial charge in [-0.05, 0) is 99.3 Å². The van der Waals surface area contributed by atoms with Gasteiger partial charge in [0.2, 0.25) is 0 Å². The van der Waals surface area contributed by atoms with E-state index in [0.29, 0.717) is 11.8 Å². The third-order valence-electron chi connectivity index (χ3n) is 8.72. The fourth-order valence-corrected chi connectivity index (χ4v) is 5.43. The Balaban J connectivity index is 2.68. The van der Waals surface area contributed by atoms with Crippen molar-refractivity contribution in [3.05, 3.63) is 154 Å². The molecule has 0 spiro atoms. The lowest BCUT2D eigenvalue weighted by Gasteiger charge is -2.43. The van der Waals surface area contributed by atoms with Crippen LogP contribution >= 0.6 is 0 Å². The maximum atomic E-state index is 9.38. The van der Waals surface area contributed by atoms with Crippen molar-refractivity contribution in [3.63, 3.8) is 0 Å². The summed E-state index contributed by atoms with van der Waals surface area (Å²) < 4.78 is 0. The standard InChI is InChI=1S/C45H64O/c1-35(2)18-14-21-38(5)24-16-26-39(6)25-15-22-36(3)19-12-13-20-37(4)23-17-27-40(7)29-33-44-42(9)30-32-43(45(44,10)11)31-28-41(8)34-46/h12-13,15-20,22-30,33,43-44,46H,14,21,31-32,34H2,1-11H3. The molecule has 0 bridgehead atoms. The van der Waals surface area contributed by atoms with Crippen molar-refractivity contribution in [2.75, 3.05) is 6.61 Å². The Bertz CT molecular complexity index is 1360. The van der Waals surface area contributed by atoms with Crippen molar-refractivity contribution in [3.8, 4) is 0 Å². The zero-order chi connectivity index (χ0) is 34.5. The molecule has 0 radical (unpaired) electrons. The summed E-state index contributed by atoms with van der Waals surface area (Å²) in [6.07, 6.45) is 43.8. The van der Waals surface area contributed by atoms with E-state index < -0.39 is 0 Å². The van der Waals surface area contributed by atoms with Crippen molar-refractivity contribution in [2.24, 2.45) is 17.3 Å². The van der Waals surface area contributed by atoms with Gasteiger partial charge in [-0.2, -0.15) is 0 Å². The Labute approximate surface area is 284 Å². The highest BCUT2D eigenvalue weighted by Gasteiger charge is 2.38. The van der Waals surface area contributed by atoms with Crippen LogP contribution in [-0.4, -0.2) is 11.7 Å². The van der Waals surface area contributed by atoms with E-state index >= 15 is 0 Å². The van der Waals surface area contributed by atoms with Gasteiger partial charge in [-0.1, -0.05) is 168 Å². The average Bonchev–Trinajstić information content (AvgIpc) is 2.98. The summed E-state index contributed by atoms with van der Waals surface area (Å²) in [5.41, 5.74) is 10.4. The molecule has 2 unspecified atom stereocenters. The second-order valence-electron chi connectivity index (χ2n) is 13.9. The van der Waals surface area contributed by atoms with Gasteiger partial charge in [0.15, 0.2) is 0 Å². The first-order chi connectivity index (χ1) is 21.8. The first-order valence-electron chi connectivity index (χ1n) is 17.1. The van der Waals surface area contributed by atoms with Crippen LogP contribution in [0.4, 0.5) is 0 Å². The van der Waals surface area contributed by atoms with Gasteiger partial charge in [0.05, 0.1) is 6.61 Å². The third-order valence-corrected chi connectivity index (χ3v) is 8.72. The van der Waals surface area contributed by atoms with Crippen LogP contribution in [-0.2, 0) is 0 Å². The number of rotatable bonds is 16. The summed E-state index contributed by atoms with van der Waals surface area (Å²) >= 11 is 0. The van der Waals surface area contributed by atoms with Crippen molar-refractivity contribution < 1.29 is 5.11 Å². The van der Waals surface area contributed by atoms with Crippen LogP contribution in [0.3, 0.4) is 0 Å². The van der Waals surface area contributed by atoms with E-state index in [2.05, 4.69) is 179 Å². The smallest absolute Gasteiger partial charge is 0.0639 e. The molecular formula is C45H64O. The summed E-state index contributed by atoms with van der Waals surface area (Å²) in [5.74, 6) is 0.983. The molecule has 1 rings (SSSR count). The van der Waals surface area contributed by atoms with Gasteiger partial charge < -0.3 is 5.11 Å². The molecule has 0 fully saturated rings. The zero-order valence-electron chi connectivity index (χ0n) is 31.0. The van der Waals surface area contributed by atoms with Gasteiger partial charge in [0.1, 0.15) is 0 Å². The van der Waals surface area contributed by atoms with E-state index in [-0.39, 0.29) is 12.0 Å². The summed E-state index contributed by atoms with van der Waals surface area (Å²) in [4.78, 5) is 0. The topological polar surface area (TPSA) is 20.2 Å². The molecule has 2 atom stereocenters. The van der Waals surface area contributed by atoms with Crippen LogP contribution in [0.25, 0.3) is 0 Å². The van der Waals surface area contributed by atoms with E-state index in [0.717, 1.165) is 31.3 Å². The van der Waals surface area contributed by atoms with Crippen LogP contribution in [0.2, 0.25) is 0 Å². The molecule has 250 valence electrons. The lowest BCUT2D eigenvalue weighted by molar-refractivity contribution is 0.154. The SMILES string of the molecule is CC(C)=CCCC(C)=CC=CC(C)=CC=CC(C)=CC=CC=C(C)C=CC=C(C)C=CC1C(C)=CCC(CC=C(C)CO)C1(C)C. The number of allylic oxidation sites excluding steroid dienone is 25. The Kier molecular flexibility index (Phi) is 19.6. The molecular weight excluding hydrogens is 556 g/mol. The highest BCUT2D eigenvalue weighted by atomic mass is 16.3. The first kappa shape index (κ1) is 40.6. The number of hydrogen-bond donors (Lipinski definition) is 1. The van der Waals surface area contributed by atoms with Crippen LogP contribution in [0, 0.1) is 17.3 Å². The number of hydrogen-bond acceptors (Lipinski definition) is 1. The number of aliphatic hydroxyl groups excluding tert-OH is 1. The maximum Gasteiger partial charge on any atom is 0.0639 e. The van der Waals surface area contributed by atoms with Gasteiger partial charge in [-0.3, -0.25) is 0 Å². The molecule has 0 saturated heterocycles. The Morgan fingerprint density at radius 3 is 1.72 bits per heavy atom. The highest BCUT2D eigenvalue weighted by Crippen LogP contribution is 2.47. The molecule has 1 aliphatic carbocycles. The van der Waals surface area contributed by atoms with Crippen LogP contribution in [0.5, 0.6) is 0 Å². The van der Waals surface area contributed by atoms with Gasteiger partial charge in [0, 0.05) is 5.92 Å². The normalized spacial score (nSPS) is 21.1. The third kappa shape index (κ3) is 17.3. The highest BCUT2D eigenvalue weighted by molar-refractivity contribution is 5.33. The largest absolute Gasteiger partial charge is 0.392 e. The van der Waals surface area contributed by atoms with E-state index in [1.807, 2.05) is 6.92 Å². The van der Waals surface area contributed by atoms with Crippen molar-refractivity contribution >= 4 is 0 Å². The monoisotopic (exact) mass is 620 g/mol. The molecule has 46 heavy (non-hydrogen) atoms. The fourth-order valence-electron chi connectivity index (χ4n) is 5.43. The Morgan fingerprint density at radius 1 is 0.696 bits per heavy atom. The summed E-state index contributed by atoms with van der Waals surface area (Å²) in [6, 6.07) is 0. The molecule has 0 aromatic rings. The molecule has 1 nitrogen and oxygen atoms in total. The average molecular weight is 621 g/mol. The van der Waals surface area contributed by atoms with Gasteiger partial charge in [-0.15, -0.1) is 0 Å². The zero-order valence-corrected chi connectivity index (χ0v) is 31.0. The molecule has 1 heteroatoms. The molecule has 0 aliphatic heterocycles. The van der Waals surface area contributed by atoms with Crippen LogP contribution in [0.1, 0.15) is 102 Å². The lowest BCUT2D eigenvalue weighted by atomic mass is 9.61. The van der Waals surface area contributed by atoms with Gasteiger partial charge >= 0.3 is 0 Å². The summed E-state index contributed by atoms with van der Waals surface area (Å²) in [5, 5.41) is 9.38. The molecule has 1 aliphatic rings. The summed E-state index contributed by atoms with van der Waals surface area (Å²) in [6.45, 7) is 24.3. The Morgan fingerprint density at radius 2 is 1.20 bits per heavy atom. The molecule has 0 aromatic carbocycles. The molecule has 0 amide bonds. The maximum absolute atomic E-state index is 9.38. The van der Waals surface area contributed by atoms with E-state index in [1.54, 1.807) is 0 Å². The van der Waals surface area contributed by atoms with E-state index in [4.69, 9.17) is 0 Å².